The van der Waals surface area contributed by atoms with E-state index in [9.17, 15) is 14.0 Å². The number of amides is 1. The second kappa shape index (κ2) is 7.56. The molecule has 0 fully saturated rings. The number of hydrogen-bond acceptors (Lipinski definition) is 3. The van der Waals surface area contributed by atoms with Crippen molar-refractivity contribution in [1.29, 1.82) is 0 Å². The van der Waals surface area contributed by atoms with Gasteiger partial charge < -0.3 is 10.1 Å². The van der Waals surface area contributed by atoms with E-state index in [0.717, 1.165) is 17.7 Å². The number of nitrogens with one attached hydrogen (secondary N) is 1. The minimum absolute atomic E-state index is 0.187. The molecular weight excluding hydrogens is 309 g/mol. The normalized spacial score (nSPS) is 10.1. The number of carbonyl (C=O) groups excluding carboxylic acids is 2. The molecule has 0 saturated heterocycles. The zero-order valence-corrected chi connectivity index (χ0v) is 12.3. The van der Waals surface area contributed by atoms with Gasteiger partial charge in [-0.15, -0.1) is 0 Å². The molecule has 0 aromatic heterocycles. The van der Waals surface area contributed by atoms with Crippen molar-refractivity contribution < 1.29 is 18.7 Å². The molecule has 0 aliphatic rings. The Morgan fingerprint density at radius 2 is 1.68 bits per heavy atom. The molecule has 0 radical (unpaired) electrons. The van der Waals surface area contributed by atoms with Crippen LogP contribution in [0.15, 0.2) is 48.5 Å². The van der Waals surface area contributed by atoms with Crippen LogP contribution in [0.1, 0.15) is 15.9 Å². The summed E-state index contributed by atoms with van der Waals surface area (Å²) in [4.78, 5) is 23.2. The predicted octanol–water partition coefficient (Wildman–Crippen LogP) is 2.95. The van der Waals surface area contributed by atoms with Gasteiger partial charge in [0, 0.05) is 11.6 Å². The van der Waals surface area contributed by atoms with Crippen LogP contribution >= 0.6 is 11.6 Å². The Balaban J connectivity index is 1.76. The third-order valence-corrected chi connectivity index (χ3v) is 3.07. The van der Waals surface area contributed by atoms with E-state index in [1.807, 2.05) is 0 Å². The van der Waals surface area contributed by atoms with Crippen LogP contribution in [0.25, 0.3) is 0 Å². The van der Waals surface area contributed by atoms with Crippen molar-refractivity contribution >= 4 is 23.5 Å². The number of rotatable bonds is 5. The number of benzene rings is 2. The molecule has 4 nitrogen and oxygen atoms in total. The summed E-state index contributed by atoms with van der Waals surface area (Å²) in [5.74, 6) is -1.55. The molecule has 2 rings (SSSR count). The summed E-state index contributed by atoms with van der Waals surface area (Å²) < 4.78 is 17.6. The lowest BCUT2D eigenvalue weighted by Gasteiger charge is -2.07. The second-order valence-electron chi connectivity index (χ2n) is 4.49. The van der Waals surface area contributed by atoms with Crippen molar-refractivity contribution in [2.75, 3.05) is 6.61 Å². The molecule has 1 amide bonds. The summed E-state index contributed by atoms with van der Waals surface area (Å²) in [6.07, 6.45) is 0. The van der Waals surface area contributed by atoms with Gasteiger partial charge in [0.2, 0.25) is 0 Å². The molecule has 22 heavy (non-hydrogen) atoms. The van der Waals surface area contributed by atoms with E-state index in [-0.39, 0.29) is 5.56 Å². The average Bonchev–Trinajstić information content (AvgIpc) is 2.52. The van der Waals surface area contributed by atoms with Gasteiger partial charge >= 0.3 is 5.97 Å². The van der Waals surface area contributed by atoms with Gasteiger partial charge in [-0.2, -0.15) is 0 Å². The zero-order chi connectivity index (χ0) is 15.9. The summed E-state index contributed by atoms with van der Waals surface area (Å²) in [6.45, 7) is -0.0894. The highest BCUT2D eigenvalue weighted by Gasteiger charge is 2.10. The maximum Gasteiger partial charge on any atom is 0.338 e. The molecule has 0 atom stereocenters. The van der Waals surface area contributed by atoms with Crippen LogP contribution < -0.4 is 5.32 Å². The van der Waals surface area contributed by atoms with Crippen molar-refractivity contribution in [2.24, 2.45) is 0 Å². The molecule has 2 aromatic rings. The highest BCUT2D eigenvalue weighted by molar-refractivity contribution is 6.30. The maximum absolute atomic E-state index is 12.7. The third kappa shape index (κ3) is 4.86. The molecule has 0 heterocycles. The highest BCUT2D eigenvalue weighted by atomic mass is 35.5. The molecule has 0 spiro atoms. The van der Waals surface area contributed by atoms with Gasteiger partial charge in [0.25, 0.3) is 5.91 Å². The molecule has 0 saturated carbocycles. The van der Waals surface area contributed by atoms with Crippen LogP contribution in [0.4, 0.5) is 4.39 Å². The summed E-state index contributed by atoms with van der Waals surface area (Å²) >= 11 is 5.76. The Morgan fingerprint density at radius 1 is 1.05 bits per heavy atom. The van der Waals surface area contributed by atoms with Crippen molar-refractivity contribution in [2.45, 2.75) is 6.54 Å². The highest BCUT2D eigenvalue weighted by Crippen LogP contribution is 2.09. The number of carbonyl (C=O) groups is 2. The molecule has 1 N–H and O–H groups in total. The third-order valence-electron chi connectivity index (χ3n) is 2.82. The van der Waals surface area contributed by atoms with Gasteiger partial charge in [-0.25, -0.2) is 9.18 Å². The van der Waals surface area contributed by atoms with Crippen molar-refractivity contribution in [3.8, 4) is 0 Å². The van der Waals surface area contributed by atoms with Gasteiger partial charge in [-0.1, -0.05) is 23.7 Å². The van der Waals surface area contributed by atoms with Crippen molar-refractivity contribution in [1.82, 2.24) is 5.32 Å². The Kier molecular flexibility index (Phi) is 5.49. The van der Waals surface area contributed by atoms with Crippen LogP contribution in [0.2, 0.25) is 5.02 Å². The van der Waals surface area contributed by atoms with E-state index in [2.05, 4.69) is 5.32 Å². The number of ether oxygens (including phenoxy) is 1. The summed E-state index contributed by atoms with van der Waals surface area (Å²) in [6, 6.07) is 11.9. The molecule has 0 bridgehead atoms. The van der Waals surface area contributed by atoms with Crippen LogP contribution in [0, 0.1) is 5.82 Å². The summed E-state index contributed by atoms with van der Waals surface area (Å²) in [7, 11) is 0. The van der Waals surface area contributed by atoms with E-state index < -0.39 is 24.3 Å². The lowest BCUT2D eigenvalue weighted by molar-refractivity contribution is -0.124. The molecule has 6 heteroatoms. The van der Waals surface area contributed by atoms with Crippen LogP contribution in [0.3, 0.4) is 0 Å². The largest absolute Gasteiger partial charge is 0.452 e. The molecular formula is C16H13ClFNO3. The van der Waals surface area contributed by atoms with Gasteiger partial charge in [-0.3, -0.25) is 4.79 Å². The minimum Gasteiger partial charge on any atom is -0.452 e. The van der Waals surface area contributed by atoms with Crippen LogP contribution in [0.5, 0.6) is 0 Å². The molecule has 0 aliphatic carbocycles. The van der Waals surface area contributed by atoms with E-state index >= 15 is 0 Å². The van der Waals surface area contributed by atoms with Gasteiger partial charge in [0.15, 0.2) is 6.61 Å². The van der Waals surface area contributed by atoms with E-state index in [0.29, 0.717) is 11.6 Å². The SMILES string of the molecule is O=C(COC(=O)c1ccc(F)cc1)NCc1ccc(Cl)cc1. The average molecular weight is 322 g/mol. The first-order valence-corrected chi connectivity index (χ1v) is 6.86. The quantitative estimate of drug-likeness (QED) is 0.861. The fraction of sp³-hybridized carbons (Fsp3) is 0.125. The molecule has 0 unspecified atom stereocenters. The van der Waals surface area contributed by atoms with Crippen molar-refractivity contribution in [3.63, 3.8) is 0 Å². The van der Waals surface area contributed by atoms with Gasteiger partial charge in [-0.05, 0) is 42.0 Å². The first-order valence-electron chi connectivity index (χ1n) is 6.48. The molecule has 0 aliphatic heterocycles. The van der Waals surface area contributed by atoms with E-state index in [1.54, 1.807) is 24.3 Å². The first-order chi connectivity index (χ1) is 10.5. The van der Waals surface area contributed by atoms with Gasteiger partial charge in [0.1, 0.15) is 5.82 Å². The minimum atomic E-state index is -0.679. The van der Waals surface area contributed by atoms with Crippen LogP contribution in [-0.4, -0.2) is 18.5 Å². The topological polar surface area (TPSA) is 55.4 Å². The molecule has 2 aromatic carbocycles. The lowest BCUT2D eigenvalue weighted by atomic mass is 10.2. The lowest BCUT2D eigenvalue weighted by Crippen LogP contribution is -2.28. The fourth-order valence-electron chi connectivity index (χ4n) is 1.65. The van der Waals surface area contributed by atoms with E-state index in [4.69, 9.17) is 16.3 Å². The number of halogens is 2. The van der Waals surface area contributed by atoms with Crippen molar-refractivity contribution in [3.05, 3.63) is 70.5 Å². The summed E-state index contributed by atoms with van der Waals surface area (Å²) in [5.41, 5.74) is 1.06. The number of esters is 1. The summed E-state index contributed by atoms with van der Waals surface area (Å²) in [5, 5.41) is 3.23. The van der Waals surface area contributed by atoms with Gasteiger partial charge in [0.05, 0.1) is 5.56 Å². The standard InChI is InChI=1S/C16H13ClFNO3/c17-13-5-1-11(2-6-13)9-19-15(20)10-22-16(21)12-3-7-14(18)8-4-12/h1-8H,9-10H2,(H,19,20). The first kappa shape index (κ1) is 16.0. The maximum atomic E-state index is 12.7. The monoisotopic (exact) mass is 321 g/mol. The zero-order valence-electron chi connectivity index (χ0n) is 11.5. The predicted molar refractivity (Wildman–Crippen MR) is 80.0 cm³/mol. The van der Waals surface area contributed by atoms with E-state index in [1.165, 1.54) is 12.1 Å². The molecule has 114 valence electrons. The Hall–Kier alpha value is -2.40. The smallest absolute Gasteiger partial charge is 0.338 e. The second-order valence-corrected chi connectivity index (χ2v) is 4.92. The fourth-order valence-corrected chi connectivity index (χ4v) is 1.78. The Morgan fingerprint density at radius 3 is 2.32 bits per heavy atom. The number of hydrogen-bond donors (Lipinski definition) is 1. The van der Waals surface area contributed by atoms with Crippen LogP contribution in [-0.2, 0) is 16.1 Å². The Labute approximate surface area is 131 Å². The Bertz CT molecular complexity index is 656.